The number of carbonyl (C=O) groups excluding carboxylic acids is 1. The highest BCUT2D eigenvalue weighted by atomic mass is 19.4. The Morgan fingerprint density at radius 2 is 1.69 bits per heavy atom. The fraction of sp³-hybridized carbons (Fsp3) is 0.909. The Bertz CT molecular complexity index is 224. The van der Waals surface area contributed by atoms with E-state index in [1.54, 1.807) is 13.8 Å². The minimum Gasteiger partial charge on any atom is -0.332 e. The van der Waals surface area contributed by atoms with Crippen molar-refractivity contribution in [3.8, 4) is 0 Å². The summed E-state index contributed by atoms with van der Waals surface area (Å²) in [6, 6.07) is -0.415. The molecule has 2 nitrogen and oxygen atoms in total. The molecule has 0 heterocycles. The first-order valence-electron chi connectivity index (χ1n) is 5.54. The molecule has 96 valence electrons. The van der Waals surface area contributed by atoms with E-state index in [1.165, 1.54) is 0 Å². The second kappa shape index (κ2) is 6.11. The van der Waals surface area contributed by atoms with Crippen LogP contribution in [0.4, 0.5) is 13.2 Å². The van der Waals surface area contributed by atoms with Gasteiger partial charge in [-0.2, -0.15) is 13.2 Å². The van der Waals surface area contributed by atoms with Gasteiger partial charge in [-0.05, 0) is 32.6 Å². The summed E-state index contributed by atoms with van der Waals surface area (Å²) >= 11 is 0. The summed E-state index contributed by atoms with van der Waals surface area (Å²) in [7, 11) is 0. The average molecular weight is 239 g/mol. The lowest BCUT2D eigenvalue weighted by molar-refractivity contribution is -0.187. The van der Waals surface area contributed by atoms with Crippen molar-refractivity contribution in [3.63, 3.8) is 0 Å². The quantitative estimate of drug-likeness (QED) is 0.721. The summed E-state index contributed by atoms with van der Waals surface area (Å²) in [5.74, 6) is -1.29. The van der Waals surface area contributed by atoms with Gasteiger partial charge in [0, 0.05) is 12.6 Å². The van der Waals surface area contributed by atoms with Gasteiger partial charge in [-0.25, -0.2) is 0 Å². The molecule has 0 aliphatic carbocycles. The lowest BCUT2D eigenvalue weighted by Crippen LogP contribution is -2.45. The maximum atomic E-state index is 12.3. The largest absolute Gasteiger partial charge is 0.471 e. The van der Waals surface area contributed by atoms with Crippen molar-refractivity contribution in [2.24, 2.45) is 5.92 Å². The summed E-state index contributed by atoms with van der Waals surface area (Å²) in [4.78, 5) is 12.0. The Hall–Kier alpha value is -0.740. The molecule has 0 bridgehead atoms. The molecule has 0 unspecified atom stereocenters. The number of nitrogens with zero attached hydrogens (tertiary/aromatic N) is 1. The predicted molar refractivity (Wildman–Crippen MR) is 57.0 cm³/mol. The minimum atomic E-state index is -4.76. The lowest BCUT2D eigenvalue weighted by Gasteiger charge is -2.27. The molecule has 0 saturated heterocycles. The molecule has 16 heavy (non-hydrogen) atoms. The van der Waals surface area contributed by atoms with Crippen LogP contribution in [0, 0.1) is 5.92 Å². The average Bonchev–Trinajstić information content (AvgIpc) is 2.08. The van der Waals surface area contributed by atoms with Crippen LogP contribution in [0.1, 0.15) is 40.5 Å². The predicted octanol–water partition coefficient (Wildman–Crippen LogP) is 3.22. The van der Waals surface area contributed by atoms with Crippen LogP contribution in [0.5, 0.6) is 0 Å². The Morgan fingerprint density at radius 3 is 2.00 bits per heavy atom. The molecule has 0 aromatic carbocycles. The van der Waals surface area contributed by atoms with E-state index in [0.717, 1.165) is 11.3 Å². The summed E-state index contributed by atoms with van der Waals surface area (Å²) in [6.07, 6.45) is -3.33. The summed E-state index contributed by atoms with van der Waals surface area (Å²) in [5.41, 5.74) is 0. The van der Waals surface area contributed by atoms with Crippen LogP contribution in [-0.2, 0) is 4.79 Å². The van der Waals surface area contributed by atoms with E-state index in [1.807, 2.05) is 13.8 Å². The van der Waals surface area contributed by atoms with Crippen molar-refractivity contribution in [1.82, 2.24) is 4.90 Å². The van der Waals surface area contributed by atoms with Gasteiger partial charge in [0.05, 0.1) is 0 Å². The molecule has 0 saturated carbocycles. The number of rotatable bonds is 5. The smallest absolute Gasteiger partial charge is 0.332 e. The van der Waals surface area contributed by atoms with E-state index in [9.17, 15) is 18.0 Å². The molecule has 1 amide bonds. The lowest BCUT2D eigenvalue weighted by atomic mass is 10.1. The molecule has 0 fully saturated rings. The highest BCUT2D eigenvalue weighted by molar-refractivity contribution is 5.82. The van der Waals surface area contributed by atoms with E-state index < -0.39 is 18.1 Å². The monoisotopic (exact) mass is 239 g/mol. The molecule has 0 atom stereocenters. The summed E-state index contributed by atoms with van der Waals surface area (Å²) < 4.78 is 36.8. The fourth-order valence-corrected chi connectivity index (χ4v) is 1.43. The molecular formula is C11H20F3NO. The first-order chi connectivity index (χ1) is 7.16. The fourth-order valence-electron chi connectivity index (χ4n) is 1.43. The van der Waals surface area contributed by atoms with Gasteiger partial charge in [-0.15, -0.1) is 0 Å². The number of carbonyl (C=O) groups is 1. The summed E-state index contributed by atoms with van der Waals surface area (Å²) in [6.45, 7) is 7.38. The van der Waals surface area contributed by atoms with Crippen LogP contribution in [0.3, 0.4) is 0 Å². The van der Waals surface area contributed by atoms with Crippen molar-refractivity contribution in [3.05, 3.63) is 0 Å². The normalized spacial score (nSPS) is 12.3. The van der Waals surface area contributed by atoms with E-state index in [2.05, 4.69) is 0 Å². The standard InChI is InChI=1S/C11H20F3NO/c1-8(2)6-5-7-15(9(3)4)10(16)11(12,13)14/h8-9H,5-7H2,1-4H3. The van der Waals surface area contributed by atoms with E-state index in [4.69, 9.17) is 0 Å². The van der Waals surface area contributed by atoms with Crippen molar-refractivity contribution in [2.45, 2.75) is 52.8 Å². The third kappa shape index (κ3) is 5.37. The van der Waals surface area contributed by atoms with Gasteiger partial charge in [0.1, 0.15) is 0 Å². The van der Waals surface area contributed by atoms with Crippen LogP contribution in [-0.4, -0.2) is 29.6 Å². The van der Waals surface area contributed by atoms with Gasteiger partial charge in [-0.3, -0.25) is 4.79 Å². The number of alkyl halides is 3. The molecule has 0 rings (SSSR count). The SMILES string of the molecule is CC(C)CCCN(C(=O)C(F)(F)F)C(C)C. The van der Waals surface area contributed by atoms with Gasteiger partial charge < -0.3 is 4.90 Å². The van der Waals surface area contributed by atoms with Crippen LogP contribution < -0.4 is 0 Å². The zero-order valence-electron chi connectivity index (χ0n) is 10.3. The van der Waals surface area contributed by atoms with E-state index >= 15 is 0 Å². The second-order valence-corrected chi connectivity index (χ2v) is 4.63. The van der Waals surface area contributed by atoms with Crippen LogP contribution in [0.25, 0.3) is 0 Å². The number of hydrogen-bond acceptors (Lipinski definition) is 1. The molecule has 0 aliphatic heterocycles. The Kier molecular flexibility index (Phi) is 5.83. The zero-order valence-corrected chi connectivity index (χ0v) is 10.3. The molecule has 0 spiro atoms. The van der Waals surface area contributed by atoms with Crippen LogP contribution in [0.2, 0.25) is 0 Å². The van der Waals surface area contributed by atoms with Crippen molar-refractivity contribution < 1.29 is 18.0 Å². The molecule has 0 aromatic rings. The summed E-state index contributed by atoms with van der Waals surface area (Å²) in [5, 5.41) is 0. The third-order valence-electron chi connectivity index (χ3n) is 2.31. The highest BCUT2D eigenvalue weighted by Crippen LogP contribution is 2.20. The van der Waals surface area contributed by atoms with Gasteiger partial charge >= 0.3 is 12.1 Å². The molecule has 0 aromatic heterocycles. The van der Waals surface area contributed by atoms with Gasteiger partial charge in [0.15, 0.2) is 0 Å². The maximum absolute atomic E-state index is 12.3. The van der Waals surface area contributed by atoms with Gasteiger partial charge in [0.25, 0.3) is 0 Å². The van der Waals surface area contributed by atoms with Crippen LogP contribution in [0.15, 0.2) is 0 Å². The molecule has 0 radical (unpaired) electrons. The number of hydrogen-bond donors (Lipinski definition) is 0. The number of halogens is 3. The van der Waals surface area contributed by atoms with Crippen LogP contribution >= 0.6 is 0 Å². The second-order valence-electron chi connectivity index (χ2n) is 4.63. The first kappa shape index (κ1) is 15.3. The van der Waals surface area contributed by atoms with Crippen molar-refractivity contribution >= 4 is 5.91 Å². The first-order valence-corrected chi connectivity index (χ1v) is 5.54. The Balaban J connectivity index is 4.34. The van der Waals surface area contributed by atoms with Crippen molar-refractivity contribution in [2.75, 3.05) is 6.54 Å². The molecule has 0 N–H and O–H groups in total. The molecular weight excluding hydrogens is 219 g/mol. The molecule has 0 aliphatic rings. The van der Waals surface area contributed by atoms with Gasteiger partial charge in [0.2, 0.25) is 0 Å². The topological polar surface area (TPSA) is 20.3 Å². The van der Waals surface area contributed by atoms with Crippen molar-refractivity contribution in [1.29, 1.82) is 0 Å². The van der Waals surface area contributed by atoms with Gasteiger partial charge in [-0.1, -0.05) is 13.8 Å². The van der Waals surface area contributed by atoms with E-state index in [-0.39, 0.29) is 6.54 Å². The third-order valence-corrected chi connectivity index (χ3v) is 2.31. The highest BCUT2D eigenvalue weighted by Gasteiger charge is 2.42. The molecule has 5 heteroatoms. The minimum absolute atomic E-state index is 0.175. The Labute approximate surface area is 94.8 Å². The maximum Gasteiger partial charge on any atom is 0.471 e. The van der Waals surface area contributed by atoms with E-state index in [0.29, 0.717) is 12.3 Å². The Morgan fingerprint density at radius 1 is 1.19 bits per heavy atom. The number of amides is 1. The zero-order chi connectivity index (χ0) is 12.9.